The van der Waals surface area contributed by atoms with Crippen molar-refractivity contribution in [3.63, 3.8) is 0 Å². The van der Waals surface area contributed by atoms with E-state index in [2.05, 4.69) is 20.9 Å². The Kier molecular flexibility index (Phi) is 3.70. The van der Waals surface area contributed by atoms with Gasteiger partial charge in [0.2, 0.25) is 5.91 Å². The summed E-state index contributed by atoms with van der Waals surface area (Å²) in [5.74, 6) is 1.10. The molecule has 1 saturated heterocycles. The molecule has 5 heteroatoms. The molecule has 1 aliphatic heterocycles. The lowest BCUT2D eigenvalue weighted by molar-refractivity contribution is -0.127. The Morgan fingerprint density at radius 2 is 2.35 bits per heavy atom. The Balaban J connectivity index is 1.76. The fourth-order valence-corrected chi connectivity index (χ4v) is 3.31. The highest BCUT2D eigenvalue weighted by Gasteiger charge is 2.27. The fraction of sp³-hybridized carbons (Fsp3) is 0.400. The second-order valence-corrected chi connectivity index (χ2v) is 6.41. The van der Waals surface area contributed by atoms with Gasteiger partial charge < -0.3 is 14.6 Å². The van der Waals surface area contributed by atoms with E-state index in [1.54, 1.807) is 7.11 Å². The van der Waals surface area contributed by atoms with E-state index in [1.165, 1.54) is 10.9 Å². The molecule has 2 heterocycles. The van der Waals surface area contributed by atoms with Gasteiger partial charge in [-0.25, -0.2) is 0 Å². The number of carbonyl (C=O) groups excluding carboxylic acids is 1. The molecule has 1 aromatic carbocycles. The monoisotopic (exact) mass is 336 g/mol. The number of carbonyl (C=O) groups is 1. The van der Waals surface area contributed by atoms with Gasteiger partial charge in [0.25, 0.3) is 0 Å². The standard InChI is InChI=1S/C15H17BrN2O2/c1-20-12-2-3-14-13(7-12)10(8-17-14)4-5-18-9-11(16)6-15(18)19/h2-3,7-8,11,17H,4-6,9H2,1H3. The van der Waals surface area contributed by atoms with Gasteiger partial charge in [0.15, 0.2) is 0 Å². The molecule has 0 spiro atoms. The minimum Gasteiger partial charge on any atom is -0.497 e. The first-order chi connectivity index (χ1) is 9.67. The van der Waals surface area contributed by atoms with Crippen molar-refractivity contribution in [2.24, 2.45) is 0 Å². The number of aromatic amines is 1. The molecule has 1 unspecified atom stereocenters. The van der Waals surface area contributed by atoms with Gasteiger partial charge in [0.05, 0.1) is 7.11 Å². The lowest BCUT2D eigenvalue weighted by atomic mass is 10.1. The van der Waals surface area contributed by atoms with Gasteiger partial charge in [-0.2, -0.15) is 0 Å². The zero-order valence-electron chi connectivity index (χ0n) is 11.4. The van der Waals surface area contributed by atoms with Gasteiger partial charge in [0, 0.05) is 41.4 Å². The molecule has 0 bridgehead atoms. The third kappa shape index (κ3) is 2.54. The zero-order valence-corrected chi connectivity index (χ0v) is 12.9. The predicted octanol–water partition coefficient (Wildman–Crippen LogP) is 2.71. The van der Waals surface area contributed by atoms with Crippen LogP contribution in [0.5, 0.6) is 5.75 Å². The molecule has 3 rings (SSSR count). The van der Waals surface area contributed by atoms with Gasteiger partial charge in [0.1, 0.15) is 5.75 Å². The summed E-state index contributed by atoms with van der Waals surface area (Å²) in [5, 5.41) is 1.17. The maximum atomic E-state index is 11.8. The summed E-state index contributed by atoms with van der Waals surface area (Å²) in [6.45, 7) is 1.58. The van der Waals surface area contributed by atoms with Gasteiger partial charge in [-0.05, 0) is 30.2 Å². The lowest BCUT2D eigenvalue weighted by Gasteiger charge is -2.15. The number of H-pyrrole nitrogens is 1. The minimum absolute atomic E-state index is 0.240. The number of alkyl halides is 1. The number of hydrogen-bond donors (Lipinski definition) is 1. The highest BCUT2D eigenvalue weighted by Crippen LogP contribution is 2.25. The summed E-state index contributed by atoms with van der Waals surface area (Å²) in [7, 11) is 1.67. The molecule has 1 amide bonds. The number of halogens is 1. The van der Waals surface area contributed by atoms with Crippen molar-refractivity contribution in [2.75, 3.05) is 20.2 Å². The molecular weight excluding hydrogens is 320 g/mol. The maximum absolute atomic E-state index is 11.8. The van der Waals surface area contributed by atoms with Crippen LogP contribution < -0.4 is 4.74 Å². The number of fused-ring (bicyclic) bond motifs is 1. The van der Waals surface area contributed by atoms with Crippen LogP contribution in [0.4, 0.5) is 0 Å². The van der Waals surface area contributed by atoms with Gasteiger partial charge in [-0.1, -0.05) is 15.9 Å². The molecule has 0 radical (unpaired) electrons. The van der Waals surface area contributed by atoms with Crippen LogP contribution in [0.1, 0.15) is 12.0 Å². The van der Waals surface area contributed by atoms with Crippen molar-refractivity contribution in [1.29, 1.82) is 0 Å². The van der Waals surface area contributed by atoms with Crippen LogP contribution in [0, 0.1) is 0 Å². The van der Waals surface area contributed by atoms with Crippen LogP contribution in [-0.4, -0.2) is 40.8 Å². The highest BCUT2D eigenvalue weighted by molar-refractivity contribution is 9.09. The van der Waals surface area contributed by atoms with Crippen LogP contribution in [0.3, 0.4) is 0 Å². The molecule has 1 N–H and O–H groups in total. The third-order valence-corrected chi connectivity index (χ3v) is 4.41. The van der Waals surface area contributed by atoms with Crippen LogP contribution in [-0.2, 0) is 11.2 Å². The van der Waals surface area contributed by atoms with E-state index in [0.717, 1.165) is 30.8 Å². The first kappa shape index (κ1) is 13.5. The first-order valence-corrected chi connectivity index (χ1v) is 7.65. The van der Waals surface area contributed by atoms with Gasteiger partial charge in [-0.3, -0.25) is 4.79 Å². The fourth-order valence-electron chi connectivity index (χ4n) is 2.69. The maximum Gasteiger partial charge on any atom is 0.223 e. The Labute approximate surface area is 126 Å². The van der Waals surface area contributed by atoms with Crippen molar-refractivity contribution in [2.45, 2.75) is 17.7 Å². The van der Waals surface area contributed by atoms with E-state index < -0.39 is 0 Å². The van der Waals surface area contributed by atoms with Crippen LogP contribution in [0.25, 0.3) is 10.9 Å². The largest absolute Gasteiger partial charge is 0.497 e. The van der Waals surface area contributed by atoms with E-state index in [9.17, 15) is 4.79 Å². The number of aromatic nitrogens is 1. The third-order valence-electron chi connectivity index (χ3n) is 3.79. The van der Waals surface area contributed by atoms with E-state index in [-0.39, 0.29) is 5.91 Å². The molecule has 0 aliphatic carbocycles. The van der Waals surface area contributed by atoms with Gasteiger partial charge in [-0.15, -0.1) is 0 Å². The summed E-state index contributed by atoms with van der Waals surface area (Å²) in [4.78, 5) is 17.3. The summed E-state index contributed by atoms with van der Waals surface area (Å²) in [5.41, 5.74) is 2.33. The predicted molar refractivity (Wildman–Crippen MR) is 82.5 cm³/mol. The number of benzene rings is 1. The van der Waals surface area contributed by atoms with Crippen LogP contribution in [0.2, 0.25) is 0 Å². The molecule has 106 valence electrons. The molecule has 1 aromatic heterocycles. The smallest absolute Gasteiger partial charge is 0.223 e. The number of amides is 1. The zero-order chi connectivity index (χ0) is 14.1. The minimum atomic E-state index is 0.240. The van der Waals surface area contributed by atoms with Crippen LogP contribution >= 0.6 is 15.9 Å². The van der Waals surface area contributed by atoms with Crippen molar-refractivity contribution in [3.05, 3.63) is 30.0 Å². The van der Waals surface area contributed by atoms with E-state index in [4.69, 9.17) is 4.74 Å². The van der Waals surface area contributed by atoms with E-state index in [1.807, 2.05) is 29.3 Å². The molecule has 1 atom stereocenters. The molecule has 1 aliphatic rings. The normalized spacial score (nSPS) is 19.0. The number of ether oxygens (including phenoxy) is 1. The number of rotatable bonds is 4. The number of nitrogens with one attached hydrogen (secondary N) is 1. The number of hydrogen-bond acceptors (Lipinski definition) is 2. The number of methoxy groups -OCH3 is 1. The number of likely N-dealkylation sites (tertiary alicyclic amines) is 1. The molecule has 0 saturated carbocycles. The second-order valence-electron chi connectivity index (χ2n) is 5.12. The van der Waals surface area contributed by atoms with Crippen molar-refractivity contribution >= 4 is 32.7 Å². The highest BCUT2D eigenvalue weighted by atomic mass is 79.9. The SMILES string of the molecule is COc1ccc2[nH]cc(CCN3CC(Br)CC3=O)c2c1. The first-order valence-electron chi connectivity index (χ1n) is 6.73. The lowest BCUT2D eigenvalue weighted by Crippen LogP contribution is -2.27. The number of nitrogens with zero attached hydrogens (tertiary/aromatic N) is 1. The van der Waals surface area contributed by atoms with Crippen molar-refractivity contribution in [3.8, 4) is 5.75 Å². The summed E-state index contributed by atoms with van der Waals surface area (Å²) in [6.07, 6.45) is 3.50. The summed E-state index contributed by atoms with van der Waals surface area (Å²) < 4.78 is 5.27. The van der Waals surface area contributed by atoms with Crippen LogP contribution in [0.15, 0.2) is 24.4 Å². The van der Waals surface area contributed by atoms with E-state index >= 15 is 0 Å². The topological polar surface area (TPSA) is 45.3 Å². The Morgan fingerprint density at radius 3 is 3.05 bits per heavy atom. The molecule has 1 fully saturated rings. The summed E-state index contributed by atoms with van der Waals surface area (Å²) >= 11 is 3.51. The summed E-state index contributed by atoms with van der Waals surface area (Å²) in [6, 6.07) is 6.01. The van der Waals surface area contributed by atoms with E-state index in [0.29, 0.717) is 11.2 Å². The average Bonchev–Trinajstić information content (AvgIpc) is 2.98. The molecule has 2 aromatic rings. The molecule has 20 heavy (non-hydrogen) atoms. The van der Waals surface area contributed by atoms with Gasteiger partial charge >= 0.3 is 0 Å². The quantitative estimate of drug-likeness (QED) is 0.872. The van der Waals surface area contributed by atoms with Crippen molar-refractivity contribution in [1.82, 2.24) is 9.88 Å². The van der Waals surface area contributed by atoms with Crippen molar-refractivity contribution < 1.29 is 9.53 Å². The Morgan fingerprint density at radius 1 is 1.50 bits per heavy atom. The Hall–Kier alpha value is -1.49. The average molecular weight is 337 g/mol. The Bertz CT molecular complexity index is 638. The molecular formula is C15H17BrN2O2. The second kappa shape index (κ2) is 5.48. The molecule has 4 nitrogen and oxygen atoms in total.